The predicted octanol–water partition coefficient (Wildman–Crippen LogP) is 0.0563. The van der Waals surface area contributed by atoms with E-state index in [0.717, 1.165) is 0 Å². The fraction of sp³-hybridized carbons (Fsp3) is 0.722. The fourth-order valence-corrected chi connectivity index (χ4v) is 5.19. The minimum absolute atomic E-state index is 0.127. The third-order valence-electron chi connectivity index (χ3n) is 6.50. The molecule has 7 unspecified atom stereocenters. The van der Waals surface area contributed by atoms with Gasteiger partial charge in [-0.15, -0.1) is 0 Å². The molecule has 8 nitrogen and oxygen atoms in total. The van der Waals surface area contributed by atoms with Crippen molar-refractivity contribution in [3.05, 3.63) is 11.6 Å². The van der Waals surface area contributed by atoms with Gasteiger partial charge in [-0.25, -0.2) is 0 Å². The summed E-state index contributed by atoms with van der Waals surface area (Å²) in [6, 6.07) is 0. The molecule has 2 saturated heterocycles. The smallest absolute Gasteiger partial charge is 0.303 e. The Bertz CT molecular complexity index is 737. The monoisotopic (exact) mass is 366 g/mol. The second-order valence-electron chi connectivity index (χ2n) is 7.81. The lowest BCUT2D eigenvalue weighted by atomic mass is 9.57. The zero-order chi connectivity index (χ0) is 19.1. The summed E-state index contributed by atoms with van der Waals surface area (Å²) in [5, 5.41) is 10.8. The van der Waals surface area contributed by atoms with Gasteiger partial charge in [-0.05, 0) is 25.5 Å². The predicted molar refractivity (Wildman–Crippen MR) is 84.9 cm³/mol. The Kier molecular flexibility index (Phi) is 3.49. The van der Waals surface area contributed by atoms with Crippen molar-refractivity contribution < 1.29 is 38.4 Å². The van der Waals surface area contributed by atoms with Gasteiger partial charge in [0.2, 0.25) is 0 Å². The third-order valence-corrected chi connectivity index (χ3v) is 6.50. The molecule has 2 bridgehead atoms. The number of allylic oxidation sites excluding steroid dienone is 1. The molecule has 26 heavy (non-hydrogen) atoms. The molecule has 2 aliphatic carbocycles. The van der Waals surface area contributed by atoms with E-state index < -0.39 is 53.0 Å². The first-order valence-corrected chi connectivity index (χ1v) is 8.65. The van der Waals surface area contributed by atoms with E-state index in [-0.39, 0.29) is 18.8 Å². The van der Waals surface area contributed by atoms with Crippen LogP contribution in [-0.4, -0.2) is 65.1 Å². The van der Waals surface area contributed by atoms with Gasteiger partial charge in [-0.2, -0.15) is 0 Å². The van der Waals surface area contributed by atoms with Crippen LogP contribution in [0.3, 0.4) is 0 Å². The van der Waals surface area contributed by atoms with Gasteiger partial charge in [-0.3, -0.25) is 14.4 Å². The number of aliphatic hydroxyl groups excluding tert-OH is 1. The third kappa shape index (κ3) is 1.87. The molecule has 0 aromatic rings. The van der Waals surface area contributed by atoms with Gasteiger partial charge in [0, 0.05) is 13.8 Å². The van der Waals surface area contributed by atoms with Crippen LogP contribution >= 0.6 is 0 Å². The van der Waals surface area contributed by atoms with Gasteiger partial charge < -0.3 is 24.1 Å². The first kappa shape index (κ1) is 17.6. The van der Waals surface area contributed by atoms with Crippen LogP contribution in [0.25, 0.3) is 0 Å². The van der Waals surface area contributed by atoms with Crippen molar-refractivity contribution in [3.8, 4) is 0 Å². The molecule has 0 radical (unpaired) electrons. The van der Waals surface area contributed by atoms with Crippen molar-refractivity contribution >= 4 is 17.7 Å². The molecular formula is C18H22O8. The summed E-state index contributed by atoms with van der Waals surface area (Å²) >= 11 is 0. The maximum absolute atomic E-state index is 12.6. The molecule has 0 amide bonds. The maximum atomic E-state index is 12.6. The van der Waals surface area contributed by atoms with E-state index >= 15 is 0 Å². The lowest BCUT2D eigenvalue weighted by Gasteiger charge is -2.56. The van der Waals surface area contributed by atoms with Crippen molar-refractivity contribution in [2.45, 2.75) is 69.7 Å². The van der Waals surface area contributed by atoms with Gasteiger partial charge in [0.05, 0.1) is 18.4 Å². The molecule has 1 spiro atoms. The van der Waals surface area contributed by atoms with E-state index in [1.54, 1.807) is 19.9 Å². The van der Waals surface area contributed by atoms with Crippen LogP contribution < -0.4 is 0 Å². The Morgan fingerprint density at radius 3 is 2.50 bits per heavy atom. The molecule has 2 aliphatic heterocycles. The van der Waals surface area contributed by atoms with Gasteiger partial charge in [-0.1, -0.05) is 0 Å². The van der Waals surface area contributed by atoms with Crippen LogP contribution in [0, 0.1) is 5.41 Å². The average molecular weight is 366 g/mol. The molecule has 7 atom stereocenters. The minimum Gasteiger partial charge on any atom is -0.459 e. The quantitative estimate of drug-likeness (QED) is 0.539. The van der Waals surface area contributed by atoms with Crippen molar-refractivity contribution in [1.29, 1.82) is 0 Å². The molecule has 2 heterocycles. The topological polar surface area (TPSA) is 112 Å². The number of hydrogen-bond acceptors (Lipinski definition) is 8. The summed E-state index contributed by atoms with van der Waals surface area (Å²) in [6.07, 6.45) is -2.19. The van der Waals surface area contributed by atoms with Crippen molar-refractivity contribution in [1.82, 2.24) is 0 Å². The van der Waals surface area contributed by atoms with E-state index in [1.807, 2.05) is 0 Å². The van der Waals surface area contributed by atoms with E-state index in [4.69, 9.17) is 18.9 Å². The lowest BCUT2D eigenvalue weighted by molar-refractivity contribution is -0.261. The number of ether oxygens (including phenoxy) is 4. The number of rotatable bonds is 2. The average Bonchev–Trinajstić information content (AvgIpc) is 3.30. The van der Waals surface area contributed by atoms with Crippen LogP contribution in [0.5, 0.6) is 0 Å². The Morgan fingerprint density at radius 1 is 1.31 bits per heavy atom. The number of Topliss-reactive ketones (excluding diaryl/α,β-unsaturated/α-hetero) is 1. The molecule has 142 valence electrons. The largest absolute Gasteiger partial charge is 0.459 e. The van der Waals surface area contributed by atoms with Gasteiger partial charge in [0.25, 0.3) is 0 Å². The molecule has 3 fully saturated rings. The number of hydrogen-bond donors (Lipinski definition) is 1. The molecule has 0 aromatic heterocycles. The van der Waals surface area contributed by atoms with Crippen molar-refractivity contribution in [3.63, 3.8) is 0 Å². The Balaban J connectivity index is 1.94. The summed E-state index contributed by atoms with van der Waals surface area (Å²) in [6.45, 7) is 6.17. The normalized spacial score (nSPS) is 48.7. The highest BCUT2D eigenvalue weighted by atomic mass is 16.7. The van der Waals surface area contributed by atoms with Gasteiger partial charge in [0.15, 0.2) is 11.4 Å². The van der Waals surface area contributed by atoms with Crippen molar-refractivity contribution in [2.75, 3.05) is 6.61 Å². The van der Waals surface area contributed by atoms with Gasteiger partial charge in [0.1, 0.15) is 30.0 Å². The number of carbonyl (C=O) groups excluding carboxylic acids is 3. The number of fused-ring (bicyclic) bond motifs is 2. The number of esters is 2. The molecular weight excluding hydrogens is 344 g/mol. The van der Waals surface area contributed by atoms with E-state index in [9.17, 15) is 19.5 Å². The zero-order valence-corrected chi connectivity index (χ0v) is 15.1. The molecule has 4 aliphatic rings. The first-order valence-electron chi connectivity index (χ1n) is 8.65. The second-order valence-corrected chi connectivity index (χ2v) is 7.81. The standard InChI is InChI=1S/C18H22O8/c1-8-5-12-17(6-11(8)21,26-10(3)20)16(4)14(24-9(2)19)13(22)15(25-12)18(16)7-23-18/h5,12-15,22H,6-7H2,1-4H3. The number of carbonyl (C=O) groups is 3. The first-order chi connectivity index (χ1) is 12.1. The SMILES string of the molecule is CC(=O)OC1C(O)C2OC3C=C(C)C(=O)CC3(OC(C)=O)C1(C)C21CO1. The maximum Gasteiger partial charge on any atom is 0.303 e. The highest BCUT2D eigenvalue weighted by Gasteiger charge is 2.87. The molecule has 0 aromatic carbocycles. The summed E-state index contributed by atoms with van der Waals surface area (Å²) in [5.74, 6) is -1.36. The minimum atomic E-state index is -1.43. The van der Waals surface area contributed by atoms with Crippen LogP contribution in [-0.2, 0) is 33.3 Å². The molecule has 1 N–H and O–H groups in total. The van der Waals surface area contributed by atoms with E-state index in [1.165, 1.54) is 13.8 Å². The Hall–Kier alpha value is -1.77. The Morgan fingerprint density at radius 2 is 1.96 bits per heavy atom. The lowest BCUT2D eigenvalue weighted by Crippen LogP contribution is -2.71. The molecule has 8 heteroatoms. The fourth-order valence-electron chi connectivity index (χ4n) is 5.19. The molecule has 4 rings (SSSR count). The highest BCUT2D eigenvalue weighted by molar-refractivity contribution is 5.97. The number of epoxide rings is 1. The van der Waals surface area contributed by atoms with Gasteiger partial charge >= 0.3 is 11.9 Å². The van der Waals surface area contributed by atoms with Crippen LogP contribution in [0.4, 0.5) is 0 Å². The zero-order valence-electron chi connectivity index (χ0n) is 15.1. The number of ketones is 1. The summed E-state index contributed by atoms with van der Waals surface area (Å²) in [4.78, 5) is 36.3. The van der Waals surface area contributed by atoms with Crippen molar-refractivity contribution in [2.24, 2.45) is 5.41 Å². The summed E-state index contributed by atoms with van der Waals surface area (Å²) in [5.41, 5.74) is -3.04. The molecule has 1 saturated carbocycles. The second kappa shape index (κ2) is 5.15. The van der Waals surface area contributed by atoms with Crippen LogP contribution in [0.1, 0.15) is 34.1 Å². The van der Waals surface area contributed by atoms with E-state index in [2.05, 4.69) is 0 Å². The summed E-state index contributed by atoms with van der Waals surface area (Å²) in [7, 11) is 0. The van der Waals surface area contributed by atoms with Crippen LogP contribution in [0.2, 0.25) is 0 Å². The summed E-state index contributed by atoms with van der Waals surface area (Å²) < 4.78 is 23.0. The Labute approximate surface area is 150 Å². The van der Waals surface area contributed by atoms with Crippen LogP contribution in [0.15, 0.2) is 11.6 Å². The van der Waals surface area contributed by atoms with E-state index in [0.29, 0.717) is 5.57 Å². The highest BCUT2D eigenvalue weighted by Crippen LogP contribution is 2.69. The number of aliphatic hydroxyl groups is 1.